The summed E-state index contributed by atoms with van der Waals surface area (Å²) in [5.74, 6) is 1.05. The number of hydrogen-bond acceptors (Lipinski definition) is 4. The van der Waals surface area contributed by atoms with Crippen LogP contribution >= 0.6 is 11.3 Å². The van der Waals surface area contributed by atoms with Gasteiger partial charge in [-0.15, -0.1) is 11.3 Å². The molecule has 3 heterocycles. The van der Waals surface area contributed by atoms with Crippen LogP contribution in [0.25, 0.3) is 0 Å². The lowest BCUT2D eigenvalue weighted by atomic mass is 9.96. The minimum Gasteiger partial charge on any atom is -0.335 e. The van der Waals surface area contributed by atoms with Gasteiger partial charge < -0.3 is 15.1 Å². The van der Waals surface area contributed by atoms with E-state index < -0.39 is 0 Å². The van der Waals surface area contributed by atoms with E-state index in [0.717, 1.165) is 49.7 Å². The van der Waals surface area contributed by atoms with Gasteiger partial charge in [-0.25, -0.2) is 0 Å². The maximum absolute atomic E-state index is 12.8. The zero-order valence-corrected chi connectivity index (χ0v) is 15.7. The van der Waals surface area contributed by atoms with E-state index in [2.05, 4.69) is 22.0 Å². The Bertz CT molecular complexity index is 491. The Morgan fingerprint density at radius 3 is 2.83 bits per heavy atom. The summed E-state index contributed by atoms with van der Waals surface area (Å²) in [6.45, 7) is 8.92. The first kappa shape index (κ1) is 17.9. The maximum Gasteiger partial charge on any atom is 0.264 e. The molecule has 0 saturated carbocycles. The number of thiophene rings is 1. The Hall–Kier alpha value is -0.910. The van der Waals surface area contributed by atoms with Crippen LogP contribution < -0.4 is 5.32 Å². The van der Waals surface area contributed by atoms with Crippen molar-refractivity contribution in [2.75, 3.05) is 39.3 Å². The monoisotopic (exact) mass is 349 g/mol. The second-order valence-corrected chi connectivity index (χ2v) is 8.17. The second-order valence-electron chi connectivity index (χ2n) is 7.22. The molecule has 2 aliphatic heterocycles. The van der Waals surface area contributed by atoms with E-state index in [4.69, 9.17) is 0 Å². The third-order valence-corrected chi connectivity index (χ3v) is 6.23. The normalized spacial score (nSPS) is 23.3. The molecule has 0 spiro atoms. The van der Waals surface area contributed by atoms with Crippen LogP contribution in [0, 0.1) is 5.92 Å². The summed E-state index contributed by atoms with van der Waals surface area (Å²) in [4.78, 5) is 18.5. The number of piperidine rings is 2. The van der Waals surface area contributed by atoms with Crippen molar-refractivity contribution >= 4 is 17.2 Å². The van der Waals surface area contributed by atoms with Crippen molar-refractivity contribution in [2.24, 2.45) is 5.92 Å². The summed E-state index contributed by atoms with van der Waals surface area (Å²) < 4.78 is 0. The molecule has 2 saturated heterocycles. The fourth-order valence-corrected chi connectivity index (χ4v) is 4.77. The Kier molecular flexibility index (Phi) is 6.69. The van der Waals surface area contributed by atoms with Gasteiger partial charge in [0.05, 0.1) is 4.88 Å². The molecule has 1 N–H and O–H groups in total. The fraction of sp³-hybridized carbons (Fsp3) is 0.737. The largest absolute Gasteiger partial charge is 0.335 e. The van der Waals surface area contributed by atoms with E-state index in [-0.39, 0.29) is 5.91 Å². The number of nitrogens with one attached hydrogen (secondary N) is 1. The predicted molar refractivity (Wildman–Crippen MR) is 101 cm³/mol. The van der Waals surface area contributed by atoms with Crippen LogP contribution in [0.1, 0.15) is 48.7 Å². The van der Waals surface area contributed by atoms with Gasteiger partial charge in [0.15, 0.2) is 0 Å². The van der Waals surface area contributed by atoms with Crippen LogP contribution in [0.4, 0.5) is 0 Å². The molecule has 0 aromatic carbocycles. The molecule has 0 bridgehead atoms. The third-order valence-electron chi connectivity index (χ3n) is 5.37. The zero-order valence-electron chi connectivity index (χ0n) is 14.9. The molecule has 2 fully saturated rings. The predicted octanol–water partition coefficient (Wildman–Crippen LogP) is 3.06. The van der Waals surface area contributed by atoms with Crippen molar-refractivity contribution in [1.82, 2.24) is 15.1 Å². The highest BCUT2D eigenvalue weighted by Crippen LogP contribution is 2.22. The molecule has 1 atom stereocenters. The summed E-state index contributed by atoms with van der Waals surface area (Å²) in [5, 5.41) is 5.52. The van der Waals surface area contributed by atoms with Crippen molar-refractivity contribution in [3.63, 3.8) is 0 Å². The lowest BCUT2D eigenvalue weighted by Crippen LogP contribution is -2.49. The first-order valence-corrected chi connectivity index (χ1v) is 10.4. The van der Waals surface area contributed by atoms with Crippen molar-refractivity contribution < 1.29 is 4.79 Å². The number of rotatable bonds is 6. The SMILES string of the molecule is CCCN(C(=O)c1cccs1)C1CCN(CC2CCCNC2)CC1. The average Bonchev–Trinajstić information content (AvgIpc) is 3.16. The smallest absolute Gasteiger partial charge is 0.264 e. The molecular formula is C19H31N3OS. The summed E-state index contributed by atoms with van der Waals surface area (Å²) in [7, 11) is 0. The van der Waals surface area contributed by atoms with E-state index in [1.807, 2.05) is 17.5 Å². The topological polar surface area (TPSA) is 35.6 Å². The fourth-order valence-electron chi connectivity index (χ4n) is 4.09. The first-order valence-electron chi connectivity index (χ1n) is 9.55. The minimum atomic E-state index is 0.238. The van der Waals surface area contributed by atoms with Crippen molar-refractivity contribution in [3.8, 4) is 0 Å². The minimum absolute atomic E-state index is 0.238. The molecule has 1 aromatic heterocycles. The molecule has 5 heteroatoms. The van der Waals surface area contributed by atoms with Crippen LogP contribution in [0.3, 0.4) is 0 Å². The summed E-state index contributed by atoms with van der Waals surface area (Å²) in [6, 6.07) is 4.35. The number of nitrogens with zero attached hydrogens (tertiary/aromatic N) is 2. The van der Waals surface area contributed by atoms with Gasteiger partial charge in [-0.2, -0.15) is 0 Å². The van der Waals surface area contributed by atoms with Gasteiger partial charge in [-0.3, -0.25) is 4.79 Å². The number of likely N-dealkylation sites (tertiary alicyclic amines) is 1. The molecule has 134 valence electrons. The van der Waals surface area contributed by atoms with E-state index in [1.54, 1.807) is 11.3 Å². The number of carbonyl (C=O) groups is 1. The molecule has 3 rings (SSSR count). The van der Waals surface area contributed by atoms with Crippen LogP contribution in [0.15, 0.2) is 17.5 Å². The van der Waals surface area contributed by atoms with Crippen molar-refractivity contribution in [1.29, 1.82) is 0 Å². The molecule has 4 nitrogen and oxygen atoms in total. The molecule has 1 amide bonds. The lowest BCUT2D eigenvalue weighted by Gasteiger charge is -2.40. The van der Waals surface area contributed by atoms with E-state index in [1.165, 1.54) is 32.5 Å². The highest BCUT2D eigenvalue weighted by atomic mass is 32.1. The second kappa shape index (κ2) is 8.97. The zero-order chi connectivity index (χ0) is 16.8. The third kappa shape index (κ3) is 4.58. The first-order chi connectivity index (χ1) is 11.8. The summed E-state index contributed by atoms with van der Waals surface area (Å²) in [6.07, 6.45) is 5.96. The molecule has 0 aliphatic carbocycles. The van der Waals surface area contributed by atoms with E-state index >= 15 is 0 Å². The standard InChI is InChI=1S/C19H31N3OS/c1-2-10-22(19(23)18-6-4-13-24-18)17-7-11-21(12-8-17)15-16-5-3-9-20-14-16/h4,6,13,16-17,20H,2-3,5,7-12,14-15H2,1H3. The summed E-state index contributed by atoms with van der Waals surface area (Å²) >= 11 is 1.56. The Labute approximate surface area is 150 Å². The molecule has 24 heavy (non-hydrogen) atoms. The van der Waals surface area contributed by atoms with Gasteiger partial charge in [-0.05, 0) is 62.6 Å². The van der Waals surface area contributed by atoms with Crippen LogP contribution in [-0.4, -0.2) is 61.0 Å². The maximum atomic E-state index is 12.8. The molecule has 1 aromatic rings. The molecule has 2 aliphatic rings. The Morgan fingerprint density at radius 2 is 2.21 bits per heavy atom. The van der Waals surface area contributed by atoms with Gasteiger partial charge in [0.2, 0.25) is 0 Å². The Balaban J connectivity index is 1.52. The van der Waals surface area contributed by atoms with Gasteiger partial charge in [0, 0.05) is 32.2 Å². The van der Waals surface area contributed by atoms with Gasteiger partial charge in [-0.1, -0.05) is 13.0 Å². The Morgan fingerprint density at radius 1 is 1.38 bits per heavy atom. The summed E-state index contributed by atoms with van der Waals surface area (Å²) in [5.41, 5.74) is 0. The van der Waals surface area contributed by atoms with E-state index in [9.17, 15) is 4.79 Å². The van der Waals surface area contributed by atoms with Crippen molar-refractivity contribution in [2.45, 2.75) is 45.1 Å². The number of amides is 1. The van der Waals surface area contributed by atoms with Crippen LogP contribution in [0.2, 0.25) is 0 Å². The van der Waals surface area contributed by atoms with Crippen LogP contribution in [-0.2, 0) is 0 Å². The van der Waals surface area contributed by atoms with Crippen molar-refractivity contribution in [3.05, 3.63) is 22.4 Å². The van der Waals surface area contributed by atoms with Gasteiger partial charge in [0.25, 0.3) is 5.91 Å². The van der Waals surface area contributed by atoms with E-state index in [0.29, 0.717) is 6.04 Å². The number of hydrogen-bond donors (Lipinski definition) is 1. The number of carbonyl (C=O) groups excluding carboxylic acids is 1. The quantitative estimate of drug-likeness (QED) is 0.857. The average molecular weight is 350 g/mol. The molecule has 1 unspecified atom stereocenters. The lowest BCUT2D eigenvalue weighted by molar-refractivity contribution is 0.0557. The van der Waals surface area contributed by atoms with Gasteiger partial charge in [0.1, 0.15) is 0 Å². The molecule has 0 radical (unpaired) electrons. The molecular weight excluding hydrogens is 318 g/mol. The van der Waals surface area contributed by atoms with Gasteiger partial charge >= 0.3 is 0 Å². The highest BCUT2D eigenvalue weighted by molar-refractivity contribution is 7.12. The van der Waals surface area contributed by atoms with Crippen LogP contribution in [0.5, 0.6) is 0 Å². The highest BCUT2D eigenvalue weighted by Gasteiger charge is 2.29.